The van der Waals surface area contributed by atoms with Gasteiger partial charge in [0.1, 0.15) is 18.4 Å². The summed E-state index contributed by atoms with van der Waals surface area (Å²) in [6.45, 7) is 7.37. The molecule has 154 valence electrons. The summed E-state index contributed by atoms with van der Waals surface area (Å²) in [5.41, 5.74) is -0.682. The first-order chi connectivity index (χ1) is 12.6. The maximum atomic E-state index is 12.6. The molecule has 9 nitrogen and oxygen atoms in total. The van der Waals surface area contributed by atoms with Gasteiger partial charge in [-0.3, -0.25) is 9.59 Å². The minimum atomic E-state index is -0.854. The van der Waals surface area contributed by atoms with Gasteiger partial charge in [0.15, 0.2) is 0 Å². The predicted octanol–water partition coefficient (Wildman–Crippen LogP) is 0.840. The second-order valence-electron chi connectivity index (χ2n) is 7.37. The maximum Gasteiger partial charge on any atom is 0.408 e. The molecule has 0 aromatic rings. The van der Waals surface area contributed by atoms with E-state index in [1.54, 1.807) is 33.8 Å². The molecule has 27 heavy (non-hydrogen) atoms. The molecular weight excluding hydrogens is 354 g/mol. The van der Waals surface area contributed by atoms with Crippen LogP contribution in [-0.2, 0) is 23.8 Å². The fraction of sp³-hybridized carbons (Fsp3) is 0.722. The van der Waals surface area contributed by atoms with Crippen molar-refractivity contribution in [1.82, 2.24) is 16.0 Å². The Bertz CT molecular complexity index is 544. The number of ether oxygens (including phenoxy) is 3. The van der Waals surface area contributed by atoms with E-state index in [1.165, 1.54) is 13.2 Å². The molecule has 0 unspecified atom stereocenters. The van der Waals surface area contributed by atoms with Crippen molar-refractivity contribution in [1.29, 1.82) is 0 Å². The Balaban J connectivity index is 2.93. The lowest BCUT2D eigenvalue weighted by molar-refractivity contribution is -0.126. The highest BCUT2D eigenvalue weighted by Gasteiger charge is 2.28. The topological polar surface area (TPSA) is 115 Å². The Kier molecular flexibility index (Phi) is 9.23. The van der Waals surface area contributed by atoms with Gasteiger partial charge in [0.05, 0.1) is 6.10 Å². The van der Waals surface area contributed by atoms with Crippen LogP contribution < -0.4 is 16.0 Å². The smallest absolute Gasteiger partial charge is 0.408 e. The molecule has 0 saturated heterocycles. The lowest BCUT2D eigenvalue weighted by Crippen LogP contribution is -2.51. The van der Waals surface area contributed by atoms with E-state index in [1.807, 2.05) is 0 Å². The van der Waals surface area contributed by atoms with Gasteiger partial charge in [-0.05, 0) is 34.1 Å². The number of alkyl carbamates (subject to hydrolysis) is 1. The lowest BCUT2D eigenvalue weighted by atomic mass is 10.0. The Morgan fingerprint density at radius 3 is 2.67 bits per heavy atom. The first kappa shape index (κ1) is 22.9. The third-order valence-electron chi connectivity index (χ3n) is 3.60. The van der Waals surface area contributed by atoms with Gasteiger partial charge in [-0.1, -0.05) is 6.08 Å². The van der Waals surface area contributed by atoms with Gasteiger partial charge < -0.3 is 30.2 Å². The van der Waals surface area contributed by atoms with Gasteiger partial charge in [-0.25, -0.2) is 4.79 Å². The van der Waals surface area contributed by atoms with E-state index in [-0.39, 0.29) is 31.1 Å². The number of nitrogens with one attached hydrogen (secondary N) is 3. The third-order valence-corrected chi connectivity index (χ3v) is 3.60. The predicted molar refractivity (Wildman–Crippen MR) is 98.9 cm³/mol. The number of carbonyl (C=O) groups excluding carboxylic acids is 3. The van der Waals surface area contributed by atoms with Crippen molar-refractivity contribution >= 4 is 17.9 Å². The number of amides is 3. The normalized spacial score (nSPS) is 26.0. The molecule has 1 aliphatic heterocycles. The van der Waals surface area contributed by atoms with Gasteiger partial charge in [0, 0.05) is 32.2 Å². The second-order valence-corrected chi connectivity index (χ2v) is 7.37. The van der Waals surface area contributed by atoms with Crippen molar-refractivity contribution in [3.63, 3.8) is 0 Å². The van der Waals surface area contributed by atoms with Crippen molar-refractivity contribution in [3.8, 4) is 0 Å². The first-order valence-corrected chi connectivity index (χ1v) is 8.97. The molecule has 0 radical (unpaired) electrons. The first-order valence-electron chi connectivity index (χ1n) is 8.97. The molecule has 9 heteroatoms. The average Bonchev–Trinajstić information content (AvgIpc) is 2.54. The number of carbonyl (C=O) groups is 3. The summed E-state index contributed by atoms with van der Waals surface area (Å²) < 4.78 is 15.8. The third kappa shape index (κ3) is 9.95. The molecule has 3 amide bonds. The van der Waals surface area contributed by atoms with Crippen LogP contribution in [0, 0.1) is 0 Å². The van der Waals surface area contributed by atoms with E-state index >= 15 is 0 Å². The Morgan fingerprint density at radius 1 is 1.33 bits per heavy atom. The summed E-state index contributed by atoms with van der Waals surface area (Å²) in [5.74, 6) is -0.629. The van der Waals surface area contributed by atoms with E-state index in [0.29, 0.717) is 13.0 Å². The second kappa shape index (κ2) is 10.9. The molecule has 0 aromatic carbocycles. The summed E-state index contributed by atoms with van der Waals surface area (Å²) in [7, 11) is 1.49. The zero-order valence-electron chi connectivity index (χ0n) is 16.7. The molecule has 1 heterocycles. The largest absolute Gasteiger partial charge is 0.444 e. The van der Waals surface area contributed by atoms with Gasteiger partial charge in [-0.2, -0.15) is 0 Å². The molecule has 0 spiro atoms. The Labute approximate surface area is 160 Å². The van der Waals surface area contributed by atoms with Crippen molar-refractivity contribution in [3.05, 3.63) is 12.2 Å². The van der Waals surface area contributed by atoms with Crippen LogP contribution in [-0.4, -0.2) is 62.1 Å². The van der Waals surface area contributed by atoms with E-state index in [9.17, 15) is 14.4 Å². The fourth-order valence-corrected chi connectivity index (χ4v) is 2.40. The molecule has 1 aliphatic rings. The van der Waals surface area contributed by atoms with E-state index in [2.05, 4.69) is 16.0 Å². The molecule has 3 atom stereocenters. The summed E-state index contributed by atoms with van der Waals surface area (Å²) >= 11 is 0. The molecule has 0 fully saturated rings. The summed E-state index contributed by atoms with van der Waals surface area (Å²) in [4.78, 5) is 36.5. The molecule has 3 N–H and O–H groups in total. The standard InChI is InChI=1S/C18H31N3O6/c1-12-6-7-15(22)19-9-8-13(26-11-25-5)10-14(16(23)20-12)21-17(24)27-18(2,3)4/h6-7,12-14H,8-11H2,1-5H3,(H,19,22)(H,20,23)(H,21,24)/b7-6+/t12-,13-,14-/m0/s1. The van der Waals surface area contributed by atoms with Crippen LogP contribution in [0.2, 0.25) is 0 Å². The van der Waals surface area contributed by atoms with E-state index in [0.717, 1.165) is 0 Å². The highest BCUT2D eigenvalue weighted by atomic mass is 16.7. The molecule has 1 rings (SSSR count). The average molecular weight is 385 g/mol. The van der Waals surface area contributed by atoms with Crippen LogP contribution in [0.1, 0.15) is 40.5 Å². The van der Waals surface area contributed by atoms with Crippen molar-refractivity contribution < 1.29 is 28.6 Å². The SMILES string of the molecule is COCO[C@H]1CCNC(=O)/C=C/[C@H](C)NC(=O)[C@@H](NC(=O)OC(C)(C)C)C1. The summed E-state index contributed by atoms with van der Waals surface area (Å²) in [5, 5.41) is 8.11. The van der Waals surface area contributed by atoms with Crippen LogP contribution in [0.4, 0.5) is 4.79 Å². The van der Waals surface area contributed by atoms with Crippen LogP contribution in [0.15, 0.2) is 12.2 Å². The van der Waals surface area contributed by atoms with Gasteiger partial charge in [-0.15, -0.1) is 0 Å². The molecule has 0 bridgehead atoms. The number of hydrogen-bond acceptors (Lipinski definition) is 6. The van der Waals surface area contributed by atoms with E-state index < -0.39 is 23.8 Å². The zero-order valence-corrected chi connectivity index (χ0v) is 16.7. The van der Waals surface area contributed by atoms with Crippen molar-refractivity contribution in [2.45, 2.75) is 64.3 Å². The summed E-state index contributed by atoms with van der Waals surface area (Å²) in [6, 6.07) is -1.24. The molecule has 0 aromatic heterocycles. The lowest BCUT2D eigenvalue weighted by Gasteiger charge is -2.27. The maximum absolute atomic E-state index is 12.6. The highest BCUT2D eigenvalue weighted by Crippen LogP contribution is 2.11. The highest BCUT2D eigenvalue weighted by molar-refractivity contribution is 5.88. The van der Waals surface area contributed by atoms with Crippen LogP contribution in [0.5, 0.6) is 0 Å². The van der Waals surface area contributed by atoms with Gasteiger partial charge in [0.2, 0.25) is 11.8 Å². The monoisotopic (exact) mass is 385 g/mol. The number of hydrogen-bond donors (Lipinski definition) is 3. The van der Waals surface area contributed by atoms with Crippen LogP contribution in [0.25, 0.3) is 0 Å². The Hall–Kier alpha value is -2.13. The van der Waals surface area contributed by atoms with E-state index in [4.69, 9.17) is 14.2 Å². The minimum Gasteiger partial charge on any atom is -0.444 e. The quantitative estimate of drug-likeness (QED) is 0.618. The van der Waals surface area contributed by atoms with Crippen LogP contribution >= 0.6 is 0 Å². The van der Waals surface area contributed by atoms with Crippen molar-refractivity contribution in [2.24, 2.45) is 0 Å². The van der Waals surface area contributed by atoms with Gasteiger partial charge >= 0.3 is 6.09 Å². The molecule has 0 aliphatic carbocycles. The van der Waals surface area contributed by atoms with Gasteiger partial charge in [0.25, 0.3) is 0 Å². The molecular formula is C18H31N3O6. The number of methoxy groups -OCH3 is 1. The number of rotatable bonds is 4. The van der Waals surface area contributed by atoms with Crippen molar-refractivity contribution in [2.75, 3.05) is 20.4 Å². The summed E-state index contributed by atoms with van der Waals surface area (Å²) in [6.07, 6.45) is 2.52. The zero-order chi connectivity index (χ0) is 20.4. The fourth-order valence-electron chi connectivity index (χ4n) is 2.40. The Morgan fingerprint density at radius 2 is 2.04 bits per heavy atom. The molecule has 0 saturated carbocycles. The van der Waals surface area contributed by atoms with Crippen LogP contribution in [0.3, 0.4) is 0 Å². The minimum absolute atomic E-state index is 0.0374.